The zero-order valence-electron chi connectivity index (χ0n) is 8.76. The number of nitrogen functional groups attached to an aromatic ring is 1. The van der Waals surface area contributed by atoms with Gasteiger partial charge in [0.25, 0.3) is 0 Å². The van der Waals surface area contributed by atoms with Gasteiger partial charge in [0.2, 0.25) is 0 Å². The van der Waals surface area contributed by atoms with Crippen molar-refractivity contribution in [1.29, 1.82) is 0 Å². The average Bonchev–Trinajstić information content (AvgIpc) is 2.00. The number of pyridine rings is 1. The molecule has 0 fully saturated rings. The predicted molar refractivity (Wildman–Crippen MR) is 64.3 cm³/mol. The van der Waals surface area contributed by atoms with Crippen LogP contribution in [0.2, 0.25) is 0 Å². The number of hydrogen-bond acceptors (Lipinski definition) is 3. The van der Waals surface area contributed by atoms with Gasteiger partial charge in [-0.15, -0.1) is 0 Å². The van der Waals surface area contributed by atoms with E-state index >= 15 is 0 Å². The molecule has 0 bridgehead atoms. The first kappa shape index (κ1) is 11.3. The molecule has 0 aliphatic rings. The Morgan fingerprint density at radius 2 is 2.14 bits per heavy atom. The van der Waals surface area contributed by atoms with Gasteiger partial charge in [-0.3, -0.25) is 0 Å². The van der Waals surface area contributed by atoms with Crippen molar-refractivity contribution >= 4 is 27.4 Å². The summed E-state index contributed by atoms with van der Waals surface area (Å²) >= 11 is 3.41. The number of nitrogens with two attached hydrogens (primary N) is 1. The summed E-state index contributed by atoms with van der Waals surface area (Å²) in [5.74, 6) is 0.842. The molecule has 1 heterocycles. The zero-order chi connectivity index (χ0) is 10.8. The lowest BCUT2D eigenvalue weighted by Gasteiger charge is -2.19. The monoisotopic (exact) mass is 257 g/mol. The molecule has 78 valence electrons. The van der Waals surface area contributed by atoms with Crippen molar-refractivity contribution in [2.45, 2.75) is 20.8 Å². The van der Waals surface area contributed by atoms with E-state index < -0.39 is 0 Å². The first-order chi connectivity index (χ1) is 6.38. The second-order valence-electron chi connectivity index (χ2n) is 4.51. The number of hydrogen-bond donors (Lipinski definition) is 2. The van der Waals surface area contributed by atoms with E-state index in [2.05, 4.69) is 47.0 Å². The lowest BCUT2D eigenvalue weighted by molar-refractivity contribution is 0.442. The third kappa shape index (κ3) is 3.54. The molecular formula is C10H16BrN3. The molecule has 0 amide bonds. The Kier molecular flexibility index (Phi) is 3.37. The van der Waals surface area contributed by atoms with E-state index in [0.29, 0.717) is 5.69 Å². The predicted octanol–water partition coefficient (Wildman–Crippen LogP) is 2.88. The second-order valence-corrected chi connectivity index (χ2v) is 5.37. The van der Waals surface area contributed by atoms with Gasteiger partial charge in [0.15, 0.2) is 0 Å². The highest BCUT2D eigenvalue weighted by Crippen LogP contribution is 2.23. The molecule has 1 aromatic heterocycles. The number of rotatable bonds is 2. The van der Waals surface area contributed by atoms with E-state index in [1.807, 2.05) is 6.07 Å². The lowest BCUT2D eigenvalue weighted by Crippen LogP contribution is -2.19. The molecule has 1 aromatic rings. The quantitative estimate of drug-likeness (QED) is 0.857. The van der Waals surface area contributed by atoms with E-state index in [1.54, 1.807) is 6.20 Å². The van der Waals surface area contributed by atoms with E-state index in [-0.39, 0.29) is 5.41 Å². The molecular weight excluding hydrogens is 242 g/mol. The van der Waals surface area contributed by atoms with E-state index in [1.165, 1.54) is 0 Å². The van der Waals surface area contributed by atoms with Crippen molar-refractivity contribution in [3.05, 3.63) is 16.7 Å². The molecule has 0 radical (unpaired) electrons. The van der Waals surface area contributed by atoms with Crippen molar-refractivity contribution in [3.8, 4) is 0 Å². The maximum atomic E-state index is 5.59. The molecule has 4 heteroatoms. The van der Waals surface area contributed by atoms with Crippen LogP contribution in [0, 0.1) is 5.41 Å². The van der Waals surface area contributed by atoms with Crippen molar-refractivity contribution in [2.24, 2.45) is 5.41 Å². The van der Waals surface area contributed by atoms with E-state index in [0.717, 1.165) is 16.8 Å². The van der Waals surface area contributed by atoms with Gasteiger partial charge < -0.3 is 11.1 Å². The van der Waals surface area contributed by atoms with Crippen LogP contribution in [0.15, 0.2) is 16.7 Å². The number of nitrogens with zero attached hydrogens (tertiary/aromatic N) is 1. The minimum atomic E-state index is 0.239. The molecule has 0 atom stereocenters. The van der Waals surface area contributed by atoms with Gasteiger partial charge in [-0.05, 0) is 27.4 Å². The lowest BCUT2D eigenvalue weighted by atomic mass is 9.97. The standard InChI is InChI=1S/C10H16BrN3/c1-10(2,3)6-14-9-8(11)4-7(12)5-13-9/h4-5H,6,12H2,1-3H3,(H,13,14). The van der Waals surface area contributed by atoms with Gasteiger partial charge in [-0.2, -0.15) is 0 Å². The molecule has 14 heavy (non-hydrogen) atoms. The number of anilines is 2. The van der Waals surface area contributed by atoms with Crippen LogP contribution < -0.4 is 11.1 Å². The van der Waals surface area contributed by atoms with Gasteiger partial charge in [-0.25, -0.2) is 4.98 Å². The first-order valence-electron chi connectivity index (χ1n) is 4.53. The normalized spacial score (nSPS) is 11.4. The average molecular weight is 258 g/mol. The van der Waals surface area contributed by atoms with Crippen LogP contribution in [0.3, 0.4) is 0 Å². The van der Waals surface area contributed by atoms with E-state index in [4.69, 9.17) is 5.73 Å². The largest absolute Gasteiger partial charge is 0.397 e. The molecule has 0 unspecified atom stereocenters. The van der Waals surface area contributed by atoms with Crippen LogP contribution in [0.25, 0.3) is 0 Å². The Labute approximate surface area is 93.2 Å². The summed E-state index contributed by atoms with van der Waals surface area (Å²) in [6, 6.07) is 1.85. The Bertz CT molecular complexity index is 318. The smallest absolute Gasteiger partial charge is 0.140 e. The van der Waals surface area contributed by atoms with Crippen LogP contribution >= 0.6 is 15.9 Å². The van der Waals surface area contributed by atoms with Crippen LogP contribution in [-0.2, 0) is 0 Å². The number of halogens is 1. The Balaban J connectivity index is 2.68. The van der Waals surface area contributed by atoms with Gasteiger partial charge in [0.05, 0.1) is 16.4 Å². The van der Waals surface area contributed by atoms with Crippen molar-refractivity contribution < 1.29 is 0 Å². The molecule has 0 saturated heterocycles. The molecule has 0 saturated carbocycles. The van der Waals surface area contributed by atoms with Gasteiger partial charge in [0.1, 0.15) is 5.82 Å². The van der Waals surface area contributed by atoms with Crippen LogP contribution in [0.1, 0.15) is 20.8 Å². The summed E-state index contributed by atoms with van der Waals surface area (Å²) in [7, 11) is 0. The third-order valence-electron chi connectivity index (χ3n) is 1.65. The molecule has 0 aliphatic carbocycles. The highest BCUT2D eigenvalue weighted by atomic mass is 79.9. The molecule has 0 aromatic carbocycles. The Hall–Kier alpha value is -0.770. The Morgan fingerprint density at radius 1 is 1.50 bits per heavy atom. The SMILES string of the molecule is CC(C)(C)CNc1ncc(N)cc1Br. The van der Waals surface area contributed by atoms with Crippen molar-refractivity contribution in [1.82, 2.24) is 4.98 Å². The van der Waals surface area contributed by atoms with Gasteiger partial charge in [0, 0.05) is 6.54 Å². The minimum absolute atomic E-state index is 0.239. The second kappa shape index (κ2) is 4.17. The minimum Gasteiger partial charge on any atom is -0.397 e. The fraction of sp³-hybridized carbons (Fsp3) is 0.500. The summed E-state index contributed by atoms with van der Waals surface area (Å²) < 4.78 is 0.904. The highest BCUT2D eigenvalue weighted by molar-refractivity contribution is 9.10. The van der Waals surface area contributed by atoms with Gasteiger partial charge in [-0.1, -0.05) is 20.8 Å². The molecule has 0 spiro atoms. The molecule has 1 rings (SSSR count). The fourth-order valence-electron chi connectivity index (χ4n) is 0.932. The Morgan fingerprint density at radius 3 is 2.64 bits per heavy atom. The summed E-state index contributed by atoms with van der Waals surface area (Å²) in [6.45, 7) is 7.39. The van der Waals surface area contributed by atoms with Gasteiger partial charge >= 0.3 is 0 Å². The van der Waals surface area contributed by atoms with Crippen LogP contribution in [0.4, 0.5) is 11.5 Å². The third-order valence-corrected chi connectivity index (χ3v) is 2.25. The molecule has 3 N–H and O–H groups in total. The topological polar surface area (TPSA) is 50.9 Å². The maximum Gasteiger partial charge on any atom is 0.140 e. The van der Waals surface area contributed by atoms with E-state index in [9.17, 15) is 0 Å². The van der Waals surface area contributed by atoms with Crippen LogP contribution in [-0.4, -0.2) is 11.5 Å². The fourth-order valence-corrected chi connectivity index (χ4v) is 1.44. The molecule has 3 nitrogen and oxygen atoms in total. The summed E-state index contributed by atoms with van der Waals surface area (Å²) in [6.07, 6.45) is 1.65. The summed E-state index contributed by atoms with van der Waals surface area (Å²) in [5, 5.41) is 3.27. The van der Waals surface area contributed by atoms with Crippen molar-refractivity contribution in [3.63, 3.8) is 0 Å². The first-order valence-corrected chi connectivity index (χ1v) is 5.33. The zero-order valence-corrected chi connectivity index (χ0v) is 10.4. The van der Waals surface area contributed by atoms with Crippen LogP contribution in [0.5, 0.6) is 0 Å². The number of nitrogens with one attached hydrogen (secondary N) is 1. The molecule has 0 aliphatic heterocycles. The highest BCUT2D eigenvalue weighted by Gasteiger charge is 2.10. The number of aromatic nitrogens is 1. The summed E-state index contributed by atoms with van der Waals surface area (Å²) in [4.78, 5) is 4.20. The van der Waals surface area contributed by atoms with Crippen molar-refractivity contribution in [2.75, 3.05) is 17.6 Å². The maximum absolute atomic E-state index is 5.59. The summed E-state index contributed by atoms with van der Waals surface area (Å²) in [5.41, 5.74) is 6.49.